The van der Waals surface area contributed by atoms with Crippen LogP contribution in [0, 0.1) is 6.92 Å². The van der Waals surface area contributed by atoms with Gasteiger partial charge in [0.1, 0.15) is 5.52 Å². The summed E-state index contributed by atoms with van der Waals surface area (Å²) >= 11 is 0. The third kappa shape index (κ3) is 2.59. The molecule has 116 valence electrons. The number of carbonyl (C=O) groups excluding carboxylic acids is 1. The molecule has 1 aromatic carbocycles. The molecule has 0 unspecified atom stereocenters. The van der Waals surface area contributed by atoms with Crippen molar-refractivity contribution in [2.45, 2.75) is 19.3 Å². The molecule has 4 rings (SSSR count). The van der Waals surface area contributed by atoms with Crippen LogP contribution in [0.5, 0.6) is 0 Å². The van der Waals surface area contributed by atoms with Crippen LogP contribution in [0.15, 0.2) is 47.1 Å². The van der Waals surface area contributed by atoms with Crippen LogP contribution in [-0.2, 0) is 0 Å². The van der Waals surface area contributed by atoms with Gasteiger partial charge in [-0.1, -0.05) is 6.07 Å². The number of hydrogen-bond donors (Lipinski definition) is 0. The summed E-state index contributed by atoms with van der Waals surface area (Å²) in [5, 5.41) is 0. The summed E-state index contributed by atoms with van der Waals surface area (Å²) in [4.78, 5) is 22.9. The molecule has 5 heteroatoms. The first-order valence-corrected chi connectivity index (χ1v) is 7.77. The normalized spacial score (nSPS) is 17.8. The Kier molecular flexibility index (Phi) is 3.33. The summed E-state index contributed by atoms with van der Waals surface area (Å²) in [5.41, 5.74) is 3.48. The number of amides is 1. The second-order valence-electron chi connectivity index (χ2n) is 6.00. The van der Waals surface area contributed by atoms with Gasteiger partial charge in [0.25, 0.3) is 5.91 Å². The number of rotatable bonds is 2. The van der Waals surface area contributed by atoms with Crippen LogP contribution in [0.4, 0.5) is 0 Å². The Bertz CT molecular complexity index is 857. The van der Waals surface area contributed by atoms with Gasteiger partial charge in [0.2, 0.25) is 0 Å². The number of likely N-dealkylation sites (tertiary alicyclic amines) is 1. The molecule has 0 N–H and O–H groups in total. The van der Waals surface area contributed by atoms with Crippen molar-refractivity contribution in [2.75, 3.05) is 13.1 Å². The quantitative estimate of drug-likeness (QED) is 0.729. The second-order valence-corrected chi connectivity index (χ2v) is 6.00. The number of oxazole rings is 1. The lowest BCUT2D eigenvalue weighted by Gasteiger charge is -2.15. The predicted molar refractivity (Wildman–Crippen MR) is 86.2 cm³/mol. The van der Waals surface area contributed by atoms with Gasteiger partial charge in [0.15, 0.2) is 11.5 Å². The Hall–Kier alpha value is -2.69. The number of aromatic nitrogens is 2. The van der Waals surface area contributed by atoms with Crippen molar-refractivity contribution in [3.8, 4) is 0 Å². The van der Waals surface area contributed by atoms with Crippen LogP contribution in [-0.4, -0.2) is 33.9 Å². The molecule has 5 nitrogen and oxygen atoms in total. The molecule has 0 bridgehead atoms. The standard InChI is InChI=1S/C18H17N3O2/c1-12-4-5-16-15(9-12)20-17(23-16)14-6-8-21(11-14)18(22)13-3-2-7-19-10-13/h2-5,7,9-10,14H,6,8,11H2,1H3/t14-/m0/s1. The van der Waals surface area contributed by atoms with Crippen LogP contribution in [0.1, 0.15) is 34.2 Å². The zero-order valence-corrected chi connectivity index (χ0v) is 12.9. The molecule has 1 atom stereocenters. The number of nitrogens with zero attached hydrogens (tertiary/aromatic N) is 3. The number of hydrogen-bond acceptors (Lipinski definition) is 4. The first-order valence-electron chi connectivity index (χ1n) is 7.77. The van der Waals surface area contributed by atoms with Gasteiger partial charge in [-0.15, -0.1) is 0 Å². The van der Waals surface area contributed by atoms with Gasteiger partial charge in [-0.3, -0.25) is 9.78 Å². The van der Waals surface area contributed by atoms with Crippen LogP contribution >= 0.6 is 0 Å². The van der Waals surface area contributed by atoms with Gasteiger partial charge in [-0.05, 0) is 43.2 Å². The molecule has 1 aliphatic heterocycles. The fraction of sp³-hybridized carbons (Fsp3) is 0.278. The highest BCUT2D eigenvalue weighted by molar-refractivity contribution is 5.94. The molecule has 0 radical (unpaired) electrons. The molecule has 0 spiro atoms. The Morgan fingerprint density at radius 1 is 1.35 bits per heavy atom. The molecule has 1 fully saturated rings. The molecule has 3 aromatic rings. The zero-order valence-electron chi connectivity index (χ0n) is 12.9. The first-order chi connectivity index (χ1) is 11.2. The average molecular weight is 307 g/mol. The van der Waals surface area contributed by atoms with E-state index < -0.39 is 0 Å². The van der Waals surface area contributed by atoms with Gasteiger partial charge in [0.05, 0.1) is 11.5 Å². The van der Waals surface area contributed by atoms with E-state index in [4.69, 9.17) is 4.42 Å². The van der Waals surface area contributed by atoms with E-state index in [1.165, 1.54) is 0 Å². The van der Waals surface area contributed by atoms with Crippen molar-refractivity contribution in [3.63, 3.8) is 0 Å². The number of carbonyl (C=O) groups is 1. The van der Waals surface area contributed by atoms with E-state index >= 15 is 0 Å². The van der Waals surface area contributed by atoms with Crippen LogP contribution in [0.2, 0.25) is 0 Å². The highest BCUT2D eigenvalue weighted by atomic mass is 16.3. The fourth-order valence-electron chi connectivity index (χ4n) is 3.05. The molecule has 1 saturated heterocycles. The smallest absolute Gasteiger partial charge is 0.255 e. The molecular weight excluding hydrogens is 290 g/mol. The van der Waals surface area contributed by atoms with Crippen LogP contribution in [0.3, 0.4) is 0 Å². The summed E-state index contributed by atoms with van der Waals surface area (Å²) in [6.07, 6.45) is 4.15. The number of fused-ring (bicyclic) bond motifs is 1. The maximum Gasteiger partial charge on any atom is 0.255 e. The van der Waals surface area contributed by atoms with Gasteiger partial charge in [0, 0.05) is 25.5 Å². The van der Waals surface area contributed by atoms with Gasteiger partial charge in [-0.2, -0.15) is 0 Å². The topological polar surface area (TPSA) is 59.2 Å². The van der Waals surface area contributed by atoms with Crippen molar-refractivity contribution in [1.82, 2.24) is 14.9 Å². The van der Waals surface area contributed by atoms with Crippen molar-refractivity contribution in [3.05, 3.63) is 59.7 Å². The SMILES string of the molecule is Cc1ccc2oc([C@H]3CCN(C(=O)c4cccnc4)C3)nc2c1. The molecule has 23 heavy (non-hydrogen) atoms. The number of pyridine rings is 1. The Balaban J connectivity index is 1.54. The van der Waals surface area contributed by atoms with E-state index in [-0.39, 0.29) is 11.8 Å². The summed E-state index contributed by atoms with van der Waals surface area (Å²) in [5.74, 6) is 0.906. The predicted octanol–water partition coefficient (Wildman–Crippen LogP) is 3.16. The van der Waals surface area contributed by atoms with Gasteiger partial charge in [-0.25, -0.2) is 4.98 Å². The minimum Gasteiger partial charge on any atom is -0.440 e. The number of aryl methyl sites for hydroxylation is 1. The maximum absolute atomic E-state index is 12.5. The van der Waals surface area contributed by atoms with Crippen molar-refractivity contribution >= 4 is 17.0 Å². The zero-order chi connectivity index (χ0) is 15.8. The molecular formula is C18H17N3O2. The Morgan fingerprint density at radius 3 is 3.09 bits per heavy atom. The highest BCUT2D eigenvalue weighted by Gasteiger charge is 2.31. The van der Waals surface area contributed by atoms with Crippen molar-refractivity contribution in [1.29, 1.82) is 0 Å². The van der Waals surface area contributed by atoms with Crippen molar-refractivity contribution in [2.24, 2.45) is 0 Å². The first kappa shape index (κ1) is 13.9. The van der Waals surface area contributed by atoms with Gasteiger partial charge < -0.3 is 9.32 Å². The highest BCUT2D eigenvalue weighted by Crippen LogP contribution is 2.30. The lowest BCUT2D eigenvalue weighted by molar-refractivity contribution is 0.0789. The fourth-order valence-corrected chi connectivity index (χ4v) is 3.05. The average Bonchev–Trinajstić information content (AvgIpc) is 3.21. The molecule has 0 aliphatic carbocycles. The second kappa shape index (κ2) is 5.50. The lowest BCUT2D eigenvalue weighted by Crippen LogP contribution is -2.28. The van der Waals surface area contributed by atoms with E-state index in [2.05, 4.69) is 9.97 Å². The third-order valence-electron chi connectivity index (χ3n) is 4.29. The molecule has 0 saturated carbocycles. The minimum atomic E-state index is 0.0209. The van der Waals surface area contributed by atoms with E-state index in [1.54, 1.807) is 24.5 Å². The van der Waals surface area contributed by atoms with Crippen LogP contribution in [0.25, 0.3) is 11.1 Å². The Labute approximate surface area is 134 Å². The largest absolute Gasteiger partial charge is 0.440 e. The van der Waals surface area contributed by atoms with E-state index in [9.17, 15) is 4.79 Å². The molecule has 2 aromatic heterocycles. The monoisotopic (exact) mass is 307 g/mol. The van der Waals surface area contributed by atoms with Gasteiger partial charge >= 0.3 is 0 Å². The summed E-state index contributed by atoms with van der Waals surface area (Å²) in [6, 6.07) is 9.57. The molecule has 1 amide bonds. The third-order valence-corrected chi connectivity index (χ3v) is 4.29. The van der Waals surface area contributed by atoms with Crippen molar-refractivity contribution < 1.29 is 9.21 Å². The number of benzene rings is 1. The molecule has 1 aliphatic rings. The Morgan fingerprint density at radius 2 is 2.26 bits per heavy atom. The van der Waals surface area contributed by atoms with E-state index in [0.29, 0.717) is 12.1 Å². The summed E-state index contributed by atoms with van der Waals surface area (Å²) < 4.78 is 5.88. The van der Waals surface area contributed by atoms with Crippen LogP contribution < -0.4 is 0 Å². The lowest BCUT2D eigenvalue weighted by atomic mass is 10.1. The van der Waals surface area contributed by atoms with E-state index in [0.717, 1.165) is 35.5 Å². The minimum absolute atomic E-state index is 0.0209. The maximum atomic E-state index is 12.5. The summed E-state index contributed by atoms with van der Waals surface area (Å²) in [7, 11) is 0. The van der Waals surface area contributed by atoms with E-state index in [1.807, 2.05) is 30.0 Å². The summed E-state index contributed by atoms with van der Waals surface area (Å²) in [6.45, 7) is 3.40. The molecule has 3 heterocycles.